The van der Waals surface area contributed by atoms with Crippen molar-refractivity contribution in [3.8, 4) is 5.75 Å². The van der Waals surface area contributed by atoms with Crippen molar-refractivity contribution in [1.82, 2.24) is 5.32 Å². The molecular weight excluding hydrogens is 492 g/mol. The van der Waals surface area contributed by atoms with Crippen LogP contribution < -0.4 is 14.4 Å². The summed E-state index contributed by atoms with van der Waals surface area (Å²) in [5.74, 6) is 0.428. The standard InChI is InChI=1S/C24H25BrN2O4S/c1-31-22-12-5-8-19(16-22)9-7-15-26-24(28)18-27(21-11-6-10-20(25)17-21)32(29,30)23-13-3-2-4-14-23/h2-6,8,10-14,16-17H,7,9,15,18H2,1H3,(H,26,28). The number of hydrogen-bond donors (Lipinski definition) is 1. The van der Waals surface area contributed by atoms with E-state index in [4.69, 9.17) is 4.74 Å². The summed E-state index contributed by atoms with van der Waals surface area (Å²) in [6.07, 6.45) is 1.50. The molecular formula is C24H25BrN2O4S. The number of anilines is 1. The number of amides is 1. The first-order chi connectivity index (χ1) is 15.4. The summed E-state index contributed by atoms with van der Waals surface area (Å²) in [6, 6.07) is 22.8. The Kier molecular flexibility index (Phi) is 8.30. The minimum atomic E-state index is -3.91. The molecule has 1 amide bonds. The molecule has 0 bridgehead atoms. The van der Waals surface area contributed by atoms with Crippen LogP contribution in [-0.2, 0) is 21.2 Å². The largest absolute Gasteiger partial charge is 0.497 e. The van der Waals surface area contributed by atoms with E-state index in [1.165, 1.54) is 12.1 Å². The maximum atomic E-state index is 13.3. The molecule has 0 saturated heterocycles. The molecule has 0 aliphatic heterocycles. The van der Waals surface area contributed by atoms with Gasteiger partial charge >= 0.3 is 0 Å². The minimum Gasteiger partial charge on any atom is -0.497 e. The molecule has 0 spiro atoms. The van der Waals surface area contributed by atoms with Crippen LogP contribution in [0.1, 0.15) is 12.0 Å². The fraction of sp³-hybridized carbons (Fsp3) is 0.208. The summed E-state index contributed by atoms with van der Waals surface area (Å²) in [7, 11) is -2.28. The lowest BCUT2D eigenvalue weighted by molar-refractivity contribution is -0.119. The average Bonchev–Trinajstić information content (AvgIpc) is 2.81. The van der Waals surface area contributed by atoms with Crippen molar-refractivity contribution >= 4 is 37.5 Å². The molecule has 0 aliphatic carbocycles. The number of ether oxygens (including phenoxy) is 1. The molecule has 3 rings (SSSR count). The highest BCUT2D eigenvalue weighted by Gasteiger charge is 2.27. The molecule has 0 radical (unpaired) electrons. The Morgan fingerprint density at radius 3 is 2.47 bits per heavy atom. The maximum absolute atomic E-state index is 13.3. The zero-order chi connectivity index (χ0) is 23.0. The van der Waals surface area contributed by atoms with Crippen LogP contribution >= 0.6 is 15.9 Å². The third-order valence-corrected chi connectivity index (χ3v) is 7.09. The SMILES string of the molecule is COc1cccc(CCCNC(=O)CN(c2cccc(Br)c2)S(=O)(=O)c2ccccc2)c1. The van der Waals surface area contributed by atoms with E-state index in [0.717, 1.165) is 32.9 Å². The molecule has 0 heterocycles. The van der Waals surface area contributed by atoms with Gasteiger partial charge in [0.15, 0.2) is 0 Å². The Balaban J connectivity index is 1.67. The highest BCUT2D eigenvalue weighted by molar-refractivity contribution is 9.10. The average molecular weight is 517 g/mol. The van der Waals surface area contributed by atoms with Gasteiger partial charge in [0, 0.05) is 11.0 Å². The molecule has 0 unspecified atom stereocenters. The third kappa shape index (κ3) is 6.34. The van der Waals surface area contributed by atoms with Crippen LogP contribution in [-0.4, -0.2) is 34.5 Å². The van der Waals surface area contributed by atoms with E-state index >= 15 is 0 Å². The molecule has 3 aromatic carbocycles. The van der Waals surface area contributed by atoms with Crippen LogP contribution in [0.15, 0.2) is 88.2 Å². The molecule has 0 fully saturated rings. The third-order valence-electron chi connectivity index (χ3n) is 4.81. The molecule has 3 aromatic rings. The number of methoxy groups -OCH3 is 1. The fourth-order valence-electron chi connectivity index (χ4n) is 3.20. The Hall–Kier alpha value is -2.84. The van der Waals surface area contributed by atoms with Crippen molar-refractivity contribution in [2.24, 2.45) is 0 Å². The number of aryl methyl sites for hydroxylation is 1. The molecule has 0 atom stereocenters. The predicted molar refractivity (Wildman–Crippen MR) is 129 cm³/mol. The van der Waals surface area contributed by atoms with Gasteiger partial charge in [0.2, 0.25) is 5.91 Å². The number of carbonyl (C=O) groups excluding carboxylic acids is 1. The van der Waals surface area contributed by atoms with Gasteiger partial charge in [0.25, 0.3) is 10.0 Å². The summed E-state index contributed by atoms with van der Waals surface area (Å²) in [6.45, 7) is 0.126. The van der Waals surface area contributed by atoms with Gasteiger partial charge in [-0.15, -0.1) is 0 Å². The van der Waals surface area contributed by atoms with Gasteiger partial charge in [-0.2, -0.15) is 0 Å². The minimum absolute atomic E-state index is 0.130. The van der Waals surface area contributed by atoms with Crippen molar-refractivity contribution in [2.45, 2.75) is 17.7 Å². The first-order valence-electron chi connectivity index (χ1n) is 10.1. The molecule has 0 aliphatic rings. The van der Waals surface area contributed by atoms with E-state index in [1.807, 2.05) is 24.3 Å². The van der Waals surface area contributed by atoms with Crippen LogP contribution in [0.3, 0.4) is 0 Å². The predicted octanol–water partition coefficient (Wildman–Crippen LogP) is 4.40. The number of halogens is 1. The second kappa shape index (κ2) is 11.2. The van der Waals surface area contributed by atoms with Crippen molar-refractivity contribution < 1.29 is 17.9 Å². The summed E-state index contributed by atoms with van der Waals surface area (Å²) >= 11 is 3.37. The van der Waals surface area contributed by atoms with Gasteiger partial charge in [-0.3, -0.25) is 9.10 Å². The van der Waals surface area contributed by atoms with Crippen LogP contribution in [0.25, 0.3) is 0 Å². The number of rotatable bonds is 10. The van der Waals surface area contributed by atoms with E-state index in [9.17, 15) is 13.2 Å². The van der Waals surface area contributed by atoms with Gasteiger partial charge in [0.1, 0.15) is 12.3 Å². The number of sulfonamides is 1. The van der Waals surface area contributed by atoms with E-state index < -0.39 is 10.0 Å². The molecule has 6 nitrogen and oxygen atoms in total. The molecule has 8 heteroatoms. The van der Waals surface area contributed by atoms with Crippen molar-refractivity contribution in [3.05, 3.63) is 88.9 Å². The second-order valence-electron chi connectivity index (χ2n) is 7.11. The smallest absolute Gasteiger partial charge is 0.264 e. The lowest BCUT2D eigenvalue weighted by Gasteiger charge is -2.24. The molecule has 32 heavy (non-hydrogen) atoms. The molecule has 1 N–H and O–H groups in total. The van der Waals surface area contributed by atoms with Crippen molar-refractivity contribution in [1.29, 1.82) is 0 Å². The summed E-state index contributed by atoms with van der Waals surface area (Å²) in [4.78, 5) is 12.8. The fourth-order valence-corrected chi connectivity index (χ4v) is 5.02. The topological polar surface area (TPSA) is 75.7 Å². The first kappa shape index (κ1) is 23.8. The number of benzene rings is 3. The maximum Gasteiger partial charge on any atom is 0.264 e. The zero-order valence-corrected chi connectivity index (χ0v) is 20.1. The quantitative estimate of drug-likeness (QED) is 0.405. The van der Waals surface area contributed by atoms with Crippen molar-refractivity contribution in [3.63, 3.8) is 0 Å². The van der Waals surface area contributed by atoms with Gasteiger partial charge in [-0.05, 0) is 60.9 Å². The number of hydrogen-bond acceptors (Lipinski definition) is 4. The lowest BCUT2D eigenvalue weighted by Crippen LogP contribution is -2.41. The normalized spacial score (nSPS) is 11.1. The number of nitrogens with zero attached hydrogens (tertiary/aromatic N) is 1. The van der Waals surface area contributed by atoms with E-state index in [0.29, 0.717) is 12.2 Å². The zero-order valence-electron chi connectivity index (χ0n) is 17.7. The highest BCUT2D eigenvalue weighted by atomic mass is 79.9. The number of carbonyl (C=O) groups is 1. The summed E-state index contributed by atoms with van der Waals surface area (Å²) in [5.41, 5.74) is 1.52. The Labute approximate surface area is 197 Å². The van der Waals surface area contributed by atoms with E-state index in [-0.39, 0.29) is 17.3 Å². The Morgan fingerprint density at radius 1 is 1.00 bits per heavy atom. The number of nitrogens with one attached hydrogen (secondary N) is 1. The summed E-state index contributed by atoms with van der Waals surface area (Å²) in [5, 5.41) is 2.83. The van der Waals surface area contributed by atoms with E-state index in [1.54, 1.807) is 49.6 Å². The highest BCUT2D eigenvalue weighted by Crippen LogP contribution is 2.26. The molecule has 0 saturated carbocycles. The lowest BCUT2D eigenvalue weighted by atomic mass is 10.1. The Morgan fingerprint density at radius 2 is 1.75 bits per heavy atom. The van der Waals surface area contributed by atoms with Gasteiger partial charge in [-0.25, -0.2) is 8.42 Å². The Bertz CT molecular complexity index is 1150. The van der Waals surface area contributed by atoms with Crippen LogP contribution in [0, 0.1) is 0 Å². The van der Waals surface area contributed by atoms with E-state index in [2.05, 4.69) is 21.2 Å². The van der Waals surface area contributed by atoms with Crippen molar-refractivity contribution in [2.75, 3.05) is 24.5 Å². The van der Waals surface area contributed by atoms with Gasteiger partial charge in [-0.1, -0.05) is 52.3 Å². The monoisotopic (exact) mass is 516 g/mol. The van der Waals surface area contributed by atoms with Gasteiger partial charge in [0.05, 0.1) is 17.7 Å². The van der Waals surface area contributed by atoms with Crippen LogP contribution in [0.4, 0.5) is 5.69 Å². The summed E-state index contributed by atoms with van der Waals surface area (Å²) < 4.78 is 33.6. The van der Waals surface area contributed by atoms with Gasteiger partial charge < -0.3 is 10.1 Å². The first-order valence-corrected chi connectivity index (χ1v) is 12.4. The molecule has 0 aromatic heterocycles. The van der Waals surface area contributed by atoms with Crippen LogP contribution in [0.5, 0.6) is 5.75 Å². The second-order valence-corrected chi connectivity index (χ2v) is 9.89. The molecule has 168 valence electrons. The van der Waals surface area contributed by atoms with Crippen LogP contribution in [0.2, 0.25) is 0 Å².